The van der Waals surface area contributed by atoms with Gasteiger partial charge in [-0.3, -0.25) is 9.59 Å². The van der Waals surface area contributed by atoms with Gasteiger partial charge in [0.25, 0.3) is 0 Å². The van der Waals surface area contributed by atoms with E-state index >= 15 is 0 Å². The summed E-state index contributed by atoms with van der Waals surface area (Å²) in [6, 6.07) is 0. The highest BCUT2D eigenvalue weighted by Crippen LogP contribution is 2.72. The van der Waals surface area contributed by atoms with Gasteiger partial charge in [-0.15, -0.1) is 0 Å². The van der Waals surface area contributed by atoms with Gasteiger partial charge in [-0.1, -0.05) is 13.8 Å². The molecule has 5 fully saturated rings. The van der Waals surface area contributed by atoms with E-state index in [2.05, 4.69) is 13.8 Å². The summed E-state index contributed by atoms with van der Waals surface area (Å²) in [7, 11) is 0. The third kappa shape index (κ3) is 1.67. The summed E-state index contributed by atoms with van der Waals surface area (Å²) in [5, 5.41) is 0. The fraction of sp³-hybridized carbons (Fsp3) is 0.818. The Labute approximate surface area is 154 Å². The van der Waals surface area contributed by atoms with Gasteiger partial charge >= 0.3 is 5.97 Å². The van der Waals surface area contributed by atoms with Gasteiger partial charge in [0.1, 0.15) is 11.7 Å². The van der Waals surface area contributed by atoms with Crippen molar-refractivity contribution in [2.45, 2.75) is 83.0 Å². The van der Waals surface area contributed by atoms with Crippen molar-refractivity contribution in [3.05, 3.63) is 11.6 Å². The number of fused-ring (bicyclic) bond motifs is 9. The lowest BCUT2D eigenvalue weighted by atomic mass is 9.46. The summed E-state index contributed by atoms with van der Waals surface area (Å²) in [4.78, 5) is 24.0. The van der Waals surface area contributed by atoms with Gasteiger partial charge < -0.3 is 9.47 Å². The van der Waals surface area contributed by atoms with Gasteiger partial charge in [0.2, 0.25) is 0 Å². The molecule has 0 amide bonds. The molecule has 0 bridgehead atoms. The molecule has 0 aromatic carbocycles. The molecule has 0 radical (unpaired) electrons. The minimum atomic E-state index is -0.219. The lowest BCUT2D eigenvalue weighted by molar-refractivity contribution is -0.167. The number of esters is 1. The average molecular weight is 356 g/mol. The summed E-state index contributed by atoms with van der Waals surface area (Å²) in [6.07, 6.45) is 10.0. The van der Waals surface area contributed by atoms with Crippen LogP contribution in [0.15, 0.2) is 11.6 Å². The summed E-state index contributed by atoms with van der Waals surface area (Å²) >= 11 is 0. The number of rotatable bonds is 0. The Morgan fingerprint density at radius 2 is 1.81 bits per heavy atom. The zero-order valence-electron chi connectivity index (χ0n) is 15.8. The molecule has 1 spiro atoms. The molecular weight excluding hydrogens is 328 g/mol. The van der Waals surface area contributed by atoms with E-state index in [9.17, 15) is 9.59 Å². The fourth-order valence-corrected chi connectivity index (χ4v) is 8.10. The first-order valence-electron chi connectivity index (χ1n) is 10.5. The lowest BCUT2D eigenvalue weighted by Gasteiger charge is -2.57. The molecule has 26 heavy (non-hydrogen) atoms. The molecule has 3 saturated carbocycles. The molecular formula is C22H28O4. The van der Waals surface area contributed by atoms with Gasteiger partial charge in [-0.25, -0.2) is 0 Å². The number of carbonyl (C=O) groups is 2. The van der Waals surface area contributed by atoms with Crippen LogP contribution >= 0.6 is 0 Å². The second kappa shape index (κ2) is 4.63. The topological polar surface area (TPSA) is 55.9 Å². The molecule has 6 rings (SSSR count). The van der Waals surface area contributed by atoms with Crippen LogP contribution in [0.4, 0.5) is 0 Å². The molecule has 8 unspecified atom stereocenters. The van der Waals surface area contributed by atoms with Crippen LogP contribution in [0.25, 0.3) is 0 Å². The highest BCUT2D eigenvalue weighted by atomic mass is 16.6. The van der Waals surface area contributed by atoms with Crippen molar-refractivity contribution in [2.24, 2.45) is 28.6 Å². The number of hydrogen-bond acceptors (Lipinski definition) is 4. The number of ketones is 1. The van der Waals surface area contributed by atoms with Crippen molar-refractivity contribution >= 4 is 11.8 Å². The lowest BCUT2D eigenvalue weighted by Crippen LogP contribution is -2.56. The van der Waals surface area contributed by atoms with Gasteiger partial charge in [0.05, 0.1) is 6.10 Å². The van der Waals surface area contributed by atoms with E-state index in [1.54, 1.807) is 0 Å². The molecule has 2 heterocycles. The smallest absolute Gasteiger partial charge is 0.306 e. The van der Waals surface area contributed by atoms with Gasteiger partial charge in [-0.05, 0) is 73.3 Å². The van der Waals surface area contributed by atoms with E-state index in [-0.39, 0.29) is 34.3 Å². The Hall–Kier alpha value is -1.16. The van der Waals surface area contributed by atoms with Crippen LogP contribution in [0, 0.1) is 28.6 Å². The Balaban J connectivity index is 1.40. The molecule has 4 aliphatic carbocycles. The van der Waals surface area contributed by atoms with E-state index in [4.69, 9.17) is 9.47 Å². The maximum absolute atomic E-state index is 12.0. The molecule has 0 N–H and O–H groups in total. The predicted molar refractivity (Wildman–Crippen MR) is 94.2 cm³/mol. The van der Waals surface area contributed by atoms with E-state index in [0.29, 0.717) is 36.7 Å². The Kier molecular flexibility index (Phi) is 2.82. The van der Waals surface area contributed by atoms with Crippen LogP contribution < -0.4 is 0 Å². The molecule has 2 aliphatic heterocycles. The predicted octanol–water partition coefficient (Wildman–Crippen LogP) is 3.58. The molecule has 0 aromatic rings. The molecule has 6 aliphatic rings. The Morgan fingerprint density at radius 1 is 1.00 bits per heavy atom. The highest BCUT2D eigenvalue weighted by molar-refractivity contribution is 5.92. The molecule has 140 valence electrons. The van der Waals surface area contributed by atoms with Crippen LogP contribution in [0.1, 0.15) is 65.2 Å². The van der Waals surface area contributed by atoms with Gasteiger partial charge in [0.15, 0.2) is 5.78 Å². The number of hydrogen-bond donors (Lipinski definition) is 0. The molecule has 8 atom stereocenters. The van der Waals surface area contributed by atoms with Crippen molar-refractivity contribution in [2.75, 3.05) is 0 Å². The maximum Gasteiger partial charge on any atom is 0.306 e. The zero-order valence-corrected chi connectivity index (χ0v) is 15.8. The zero-order chi connectivity index (χ0) is 17.9. The first-order chi connectivity index (χ1) is 12.4. The second-order valence-electron chi connectivity index (χ2n) is 10.3. The van der Waals surface area contributed by atoms with E-state index in [1.165, 1.54) is 12.0 Å². The van der Waals surface area contributed by atoms with Crippen LogP contribution in [0.3, 0.4) is 0 Å². The summed E-state index contributed by atoms with van der Waals surface area (Å²) in [5.74, 6) is 2.03. The van der Waals surface area contributed by atoms with Crippen LogP contribution in [-0.4, -0.2) is 29.6 Å². The third-order valence-electron chi connectivity index (χ3n) is 9.56. The van der Waals surface area contributed by atoms with E-state index in [0.717, 1.165) is 32.1 Å². The largest absolute Gasteiger partial charge is 0.458 e. The number of ether oxygens (including phenoxy) is 2. The van der Waals surface area contributed by atoms with Gasteiger partial charge in [-0.2, -0.15) is 0 Å². The van der Waals surface area contributed by atoms with Gasteiger partial charge in [0, 0.05) is 18.3 Å². The SMILES string of the molecule is CC12CCC(=O)C=C1C1OC1C1C2CCC2(C)C1CCC21CCC(=O)O1. The van der Waals surface area contributed by atoms with Crippen LogP contribution in [-0.2, 0) is 19.1 Å². The summed E-state index contributed by atoms with van der Waals surface area (Å²) in [6.45, 7) is 4.79. The third-order valence-corrected chi connectivity index (χ3v) is 9.56. The van der Waals surface area contributed by atoms with Crippen molar-refractivity contribution in [1.29, 1.82) is 0 Å². The minimum absolute atomic E-state index is 0.00108. The maximum atomic E-state index is 12.0. The number of epoxide rings is 1. The molecule has 0 aromatic heterocycles. The Morgan fingerprint density at radius 3 is 2.58 bits per heavy atom. The summed E-state index contributed by atoms with van der Waals surface area (Å²) < 4.78 is 12.2. The quantitative estimate of drug-likeness (QED) is 0.492. The standard InChI is InChI=1S/C22H28O4/c1-20-7-3-12(23)11-15(20)18-19(25-18)17-13(20)4-8-21(2)14(17)5-9-22(21)10-6-16(24)26-22/h11,13-14,17-19H,3-10H2,1-2H3. The monoisotopic (exact) mass is 356 g/mol. The van der Waals surface area contributed by atoms with Crippen molar-refractivity contribution in [1.82, 2.24) is 0 Å². The first-order valence-corrected chi connectivity index (χ1v) is 10.5. The van der Waals surface area contributed by atoms with Crippen LogP contribution in [0.2, 0.25) is 0 Å². The Bertz CT molecular complexity index is 755. The molecule has 4 heteroatoms. The van der Waals surface area contributed by atoms with Crippen LogP contribution in [0.5, 0.6) is 0 Å². The van der Waals surface area contributed by atoms with E-state index in [1.807, 2.05) is 6.08 Å². The average Bonchev–Trinajstić information content (AvgIpc) is 3.23. The molecule has 4 nitrogen and oxygen atoms in total. The van der Waals surface area contributed by atoms with Crippen molar-refractivity contribution < 1.29 is 19.1 Å². The summed E-state index contributed by atoms with van der Waals surface area (Å²) in [5.41, 5.74) is 1.30. The van der Waals surface area contributed by atoms with Crippen molar-refractivity contribution in [3.8, 4) is 0 Å². The fourth-order valence-electron chi connectivity index (χ4n) is 8.10. The molecule has 2 saturated heterocycles. The minimum Gasteiger partial charge on any atom is -0.458 e. The highest BCUT2D eigenvalue weighted by Gasteiger charge is 2.72. The van der Waals surface area contributed by atoms with E-state index < -0.39 is 0 Å². The normalized spacial score (nSPS) is 57.0. The second-order valence-corrected chi connectivity index (χ2v) is 10.3. The van der Waals surface area contributed by atoms with Crippen molar-refractivity contribution in [3.63, 3.8) is 0 Å². The number of carbonyl (C=O) groups excluding carboxylic acids is 2. The first kappa shape index (κ1) is 15.9.